The summed E-state index contributed by atoms with van der Waals surface area (Å²) in [6.07, 6.45) is 1.71. The van der Waals surface area contributed by atoms with Crippen molar-refractivity contribution < 1.29 is 13.9 Å². The minimum atomic E-state index is -0.656. The highest BCUT2D eigenvalue weighted by Crippen LogP contribution is 2.42. The number of carbonyl (C=O) groups is 1. The Balaban J connectivity index is 1.74. The highest BCUT2D eigenvalue weighted by atomic mass is 32.1. The number of nitrogens with zero attached hydrogens (tertiary/aromatic N) is 3. The van der Waals surface area contributed by atoms with Crippen molar-refractivity contribution >= 4 is 33.3 Å². The summed E-state index contributed by atoms with van der Waals surface area (Å²) in [5, 5.41) is 10.2. The molecule has 0 bridgehead atoms. The number of amides is 1. The first kappa shape index (κ1) is 19.4. The second-order valence-electron chi connectivity index (χ2n) is 7.25. The Morgan fingerprint density at radius 3 is 2.61 bits per heavy atom. The van der Waals surface area contributed by atoms with Crippen LogP contribution in [0.25, 0.3) is 11.0 Å². The Hall–Kier alpha value is -3.52. The van der Waals surface area contributed by atoms with Crippen LogP contribution in [0.15, 0.2) is 57.7 Å². The number of methoxy groups -OCH3 is 1. The second-order valence-corrected chi connectivity index (χ2v) is 8.29. The number of hydrogen-bond donors (Lipinski definition) is 0. The number of aromatic nitrogens is 2. The molecule has 0 spiro atoms. The van der Waals surface area contributed by atoms with Crippen LogP contribution in [-0.2, 0) is 6.42 Å². The second kappa shape index (κ2) is 7.63. The summed E-state index contributed by atoms with van der Waals surface area (Å²) in [5.41, 5.74) is 1.26. The fourth-order valence-corrected chi connectivity index (χ4v) is 4.84. The van der Waals surface area contributed by atoms with E-state index in [1.54, 1.807) is 43.5 Å². The Kier molecular flexibility index (Phi) is 4.78. The highest BCUT2D eigenvalue weighted by molar-refractivity contribution is 7.15. The van der Waals surface area contributed by atoms with Gasteiger partial charge in [-0.3, -0.25) is 14.5 Å². The van der Waals surface area contributed by atoms with Crippen LogP contribution in [0.2, 0.25) is 0 Å². The van der Waals surface area contributed by atoms with Gasteiger partial charge in [0.2, 0.25) is 10.9 Å². The van der Waals surface area contributed by atoms with E-state index >= 15 is 0 Å². The van der Waals surface area contributed by atoms with Crippen molar-refractivity contribution in [3.8, 4) is 5.75 Å². The van der Waals surface area contributed by atoms with Gasteiger partial charge in [-0.1, -0.05) is 42.5 Å². The van der Waals surface area contributed by atoms with Crippen LogP contribution in [-0.4, -0.2) is 23.2 Å². The molecule has 2 aromatic heterocycles. The normalized spacial score (nSPS) is 15.5. The topological polar surface area (TPSA) is 85.5 Å². The van der Waals surface area contributed by atoms with Gasteiger partial charge in [-0.25, -0.2) is 0 Å². The van der Waals surface area contributed by atoms with Gasteiger partial charge in [-0.05, 0) is 36.2 Å². The minimum Gasteiger partial charge on any atom is -0.497 e. The van der Waals surface area contributed by atoms with Crippen molar-refractivity contribution in [1.29, 1.82) is 0 Å². The van der Waals surface area contributed by atoms with Crippen molar-refractivity contribution in [2.24, 2.45) is 0 Å². The predicted octanol–water partition coefficient (Wildman–Crippen LogP) is 4.36. The molecule has 2 aromatic carbocycles. The molecule has 0 unspecified atom stereocenters. The van der Waals surface area contributed by atoms with E-state index in [1.807, 2.05) is 12.1 Å². The number of anilines is 1. The fraction of sp³-hybridized carbons (Fsp3) is 0.217. The van der Waals surface area contributed by atoms with Gasteiger partial charge in [0.15, 0.2) is 5.43 Å². The molecule has 0 radical (unpaired) electrons. The zero-order chi connectivity index (χ0) is 21.5. The van der Waals surface area contributed by atoms with Gasteiger partial charge in [-0.15, -0.1) is 10.2 Å². The maximum Gasteiger partial charge on any atom is 0.297 e. The molecule has 0 N–H and O–H groups in total. The molecule has 1 aliphatic rings. The molecule has 0 aliphatic carbocycles. The monoisotopic (exact) mass is 433 g/mol. The van der Waals surface area contributed by atoms with Gasteiger partial charge in [0.05, 0.1) is 24.1 Å². The van der Waals surface area contributed by atoms with Crippen LogP contribution in [0, 0.1) is 0 Å². The summed E-state index contributed by atoms with van der Waals surface area (Å²) in [6.45, 7) is 2.06. The third-order valence-electron chi connectivity index (χ3n) is 5.34. The summed E-state index contributed by atoms with van der Waals surface area (Å²) in [7, 11) is 1.59. The lowest BCUT2D eigenvalue weighted by molar-refractivity contribution is 0.0970. The van der Waals surface area contributed by atoms with Crippen molar-refractivity contribution in [2.45, 2.75) is 25.8 Å². The van der Waals surface area contributed by atoms with E-state index in [0.29, 0.717) is 27.4 Å². The quantitative estimate of drug-likeness (QED) is 0.465. The maximum absolute atomic E-state index is 13.5. The van der Waals surface area contributed by atoms with Crippen molar-refractivity contribution in [3.63, 3.8) is 0 Å². The van der Waals surface area contributed by atoms with Gasteiger partial charge in [0.1, 0.15) is 16.3 Å². The molecule has 0 fully saturated rings. The average Bonchev–Trinajstić information content (AvgIpc) is 3.37. The standard InChI is InChI=1S/C23H19N3O4S/c1-3-6-17-24-25-23(31-17)26-19(13-9-11-14(29-2)12-10-13)18-20(27)15-7-4-5-8-16(15)30-21(18)22(26)28/h4-5,7-12,19H,3,6H2,1-2H3/t19-/m0/s1. The Labute approximate surface area is 181 Å². The van der Waals surface area contributed by atoms with Crippen molar-refractivity contribution in [2.75, 3.05) is 12.0 Å². The summed E-state index contributed by atoms with van der Waals surface area (Å²) in [6, 6.07) is 13.6. The smallest absolute Gasteiger partial charge is 0.297 e. The largest absolute Gasteiger partial charge is 0.497 e. The van der Waals surface area contributed by atoms with Gasteiger partial charge in [0.25, 0.3) is 5.91 Å². The molecule has 0 saturated carbocycles. The Bertz CT molecular complexity index is 1340. The zero-order valence-electron chi connectivity index (χ0n) is 17.0. The highest BCUT2D eigenvalue weighted by Gasteiger charge is 2.45. The molecule has 3 heterocycles. The third-order valence-corrected chi connectivity index (χ3v) is 6.32. The SMILES string of the molecule is CCCc1nnc(N2C(=O)c3oc4ccccc4c(=O)c3[C@@H]2c2ccc(OC)cc2)s1. The molecule has 0 saturated heterocycles. The summed E-state index contributed by atoms with van der Waals surface area (Å²) in [4.78, 5) is 28.5. The molecule has 7 nitrogen and oxygen atoms in total. The Morgan fingerprint density at radius 1 is 1.10 bits per heavy atom. The molecular formula is C23H19N3O4S. The van der Waals surface area contributed by atoms with Crippen molar-refractivity contribution in [1.82, 2.24) is 10.2 Å². The first-order valence-electron chi connectivity index (χ1n) is 9.98. The van der Waals surface area contributed by atoms with Crippen molar-refractivity contribution in [3.05, 3.63) is 80.6 Å². The molecule has 1 amide bonds. The van der Waals surface area contributed by atoms with Gasteiger partial charge in [-0.2, -0.15) is 0 Å². The molecule has 5 rings (SSSR count). The summed E-state index contributed by atoms with van der Waals surface area (Å²) >= 11 is 1.36. The lowest BCUT2D eigenvalue weighted by atomic mass is 9.98. The first-order valence-corrected chi connectivity index (χ1v) is 10.8. The summed E-state index contributed by atoms with van der Waals surface area (Å²) < 4.78 is 11.2. The van der Waals surface area contributed by atoms with Crippen LogP contribution in [0.1, 0.15) is 46.1 Å². The van der Waals surface area contributed by atoms with E-state index in [4.69, 9.17) is 9.15 Å². The number of carbonyl (C=O) groups excluding carboxylic acids is 1. The van der Waals surface area contributed by atoms with Crippen LogP contribution in [0.4, 0.5) is 5.13 Å². The predicted molar refractivity (Wildman–Crippen MR) is 118 cm³/mol. The lowest BCUT2D eigenvalue weighted by Crippen LogP contribution is -2.29. The molecule has 4 aromatic rings. The van der Waals surface area contributed by atoms with Crippen LogP contribution in [0.3, 0.4) is 0 Å². The molecule has 31 heavy (non-hydrogen) atoms. The number of rotatable bonds is 5. The molecular weight excluding hydrogens is 414 g/mol. The number of aryl methyl sites for hydroxylation is 1. The van der Waals surface area contributed by atoms with E-state index in [9.17, 15) is 9.59 Å². The van der Waals surface area contributed by atoms with Gasteiger partial charge >= 0.3 is 0 Å². The van der Waals surface area contributed by atoms with Gasteiger partial charge in [0, 0.05) is 6.42 Å². The number of para-hydroxylation sites is 1. The minimum absolute atomic E-state index is 0.0526. The number of benzene rings is 2. The Morgan fingerprint density at radius 2 is 1.87 bits per heavy atom. The maximum atomic E-state index is 13.5. The first-order chi connectivity index (χ1) is 15.1. The van der Waals surface area contributed by atoms with Crippen LogP contribution in [0.5, 0.6) is 5.75 Å². The third kappa shape index (κ3) is 3.11. The zero-order valence-corrected chi connectivity index (χ0v) is 17.8. The van der Waals surface area contributed by atoms with Crippen LogP contribution < -0.4 is 15.1 Å². The van der Waals surface area contributed by atoms with E-state index in [0.717, 1.165) is 23.4 Å². The van der Waals surface area contributed by atoms with E-state index in [2.05, 4.69) is 17.1 Å². The molecule has 1 aliphatic heterocycles. The van der Waals surface area contributed by atoms with E-state index in [1.165, 1.54) is 16.2 Å². The number of fused-ring (bicyclic) bond motifs is 2. The molecule has 156 valence electrons. The number of hydrogen-bond acceptors (Lipinski definition) is 7. The fourth-order valence-electron chi connectivity index (χ4n) is 3.88. The van der Waals surface area contributed by atoms with Gasteiger partial charge < -0.3 is 9.15 Å². The van der Waals surface area contributed by atoms with E-state index in [-0.39, 0.29) is 11.2 Å². The van der Waals surface area contributed by atoms with Crippen LogP contribution >= 0.6 is 11.3 Å². The molecule has 8 heteroatoms. The van der Waals surface area contributed by atoms with E-state index < -0.39 is 11.9 Å². The average molecular weight is 433 g/mol. The summed E-state index contributed by atoms with van der Waals surface area (Å²) in [5.74, 6) is 0.348. The number of ether oxygens (including phenoxy) is 1. The lowest BCUT2D eigenvalue weighted by Gasteiger charge is -2.22. The molecule has 1 atom stereocenters.